The lowest BCUT2D eigenvalue weighted by Gasteiger charge is -2.36. The van der Waals surface area contributed by atoms with Crippen LogP contribution >= 0.6 is 0 Å². The molecule has 0 N–H and O–H groups in total. The average Bonchev–Trinajstić information content (AvgIpc) is 3.46. The summed E-state index contributed by atoms with van der Waals surface area (Å²) >= 11 is 0. The van der Waals surface area contributed by atoms with Crippen LogP contribution in [0.3, 0.4) is 0 Å². The summed E-state index contributed by atoms with van der Waals surface area (Å²) in [4.78, 5) is 11.6. The van der Waals surface area contributed by atoms with E-state index in [1.807, 2.05) is 17.0 Å². The van der Waals surface area contributed by atoms with Crippen molar-refractivity contribution >= 4 is 11.6 Å². The van der Waals surface area contributed by atoms with Gasteiger partial charge in [0.05, 0.1) is 5.69 Å². The number of rotatable bonds is 3. The molecule has 1 saturated heterocycles. The van der Waals surface area contributed by atoms with E-state index in [2.05, 4.69) is 25.1 Å². The highest BCUT2D eigenvalue weighted by Crippen LogP contribution is 2.38. The normalized spacial score (nSPS) is 18.3. The number of anilines is 2. The van der Waals surface area contributed by atoms with Gasteiger partial charge in [-0.2, -0.15) is 18.3 Å². The second kappa shape index (κ2) is 6.37. The largest absolute Gasteiger partial charge is 0.433 e. The van der Waals surface area contributed by atoms with Gasteiger partial charge in [0.25, 0.3) is 0 Å². The van der Waals surface area contributed by atoms with Crippen LogP contribution in [-0.2, 0) is 6.18 Å². The summed E-state index contributed by atoms with van der Waals surface area (Å²) in [5, 5.41) is 8.60. The van der Waals surface area contributed by atoms with Gasteiger partial charge in [-0.3, -0.25) is 0 Å². The van der Waals surface area contributed by atoms with Crippen molar-refractivity contribution in [3.8, 4) is 0 Å². The number of halogens is 3. The monoisotopic (exact) mass is 364 g/mol. The van der Waals surface area contributed by atoms with Gasteiger partial charge >= 0.3 is 6.18 Å². The van der Waals surface area contributed by atoms with Gasteiger partial charge in [0.15, 0.2) is 5.82 Å². The van der Waals surface area contributed by atoms with Crippen LogP contribution in [-0.4, -0.2) is 46.3 Å². The van der Waals surface area contributed by atoms with Crippen LogP contribution in [0, 0.1) is 6.92 Å². The third kappa shape index (κ3) is 3.56. The van der Waals surface area contributed by atoms with Crippen molar-refractivity contribution in [1.82, 2.24) is 20.2 Å². The molecule has 0 spiro atoms. The number of nitrogens with zero attached hydrogens (tertiary/aromatic N) is 6. The molecule has 26 heavy (non-hydrogen) atoms. The Kier molecular flexibility index (Phi) is 4.16. The molecule has 1 saturated carbocycles. The van der Waals surface area contributed by atoms with Gasteiger partial charge in [-0.05, 0) is 31.9 Å². The maximum absolute atomic E-state index is 13.0. The van der Waals surface area contributed by atoms with Crippen LogP contribution in [0.2, 0.25) is 0 Å². The summed E-state index contributed by atoms with van der Waals surface area (Å²) in [6.45, 7) is 3.93. The first kappa shape index (κ1) is 17.0. The molecule has 0 aromatic carbocycles. The van der Waals surface area contributed by atoms with Crippen LogP contribution in [0.1, 0.15) is 36.0 Å². The summed E-state index contributed by atoms with van der Waals surface area (Å²) in [6, 6.07) is 5.02. The minimum absolute atomic E-state index is 0.124. The number of aryl methyl sites for hydroxylation is 1. The van der Waals surface area contributed by atoms with Crippen LogP contribution in [0.4, 0.5) is 24.8 Å². The van der Waals surface area contributed by atoms with E-state index in [-0.39, 0.29) is 5.82 Å². The predicted octanol–water partition coefficient (Wildman–Crippen LogP) is 2.80. The van der Waals surface area contributed by atoms with Gasteiger partial charge in [0.2, 0.25) is 0 Å². The molecule has 2 aromatic rings. The molecule has 1 aliphatic heterocycles. The molecule has 2 fully saturated rings. The van der Waals surface area contributed by atoms with E-state index >= 15 is 0 Å². The van der Waals surface area contributed by atoms with Crippen LogP contribution in [0.5, 0.6) is 0 Å². The molecule has 2 aromatic heterocycles. The van der Waals surface area contributed by atoms with Crippen molar-refractivity contribution in [1.29, 1.82) is 0 Å². The molecule has 138 valence electrons. The Morgan fingerprint density at radius 2 is 1.58 bits per heavy atom. The summed E-state index contributed by atoms with van der Waals surface area (Å²) in [5.41, 5.74) is 0.146. The summed E-state index contributed by atoms with van der Waals surface area (Å²) in [5.74, 6) is 1.82. The number of aromatic nitrogens is 4. The Bertz CT molecular complexity index is 780. The Morgan fingerprint density at radius 1 is 0.923 bits per heavy atom. The lowest BCUT2D eigenvalue weighted by Crippen LogP contribution is -2.47. The van der Waals surface area contributed by atoms with E-state index < -0.39 is 11.9 Å². The molecule has 9 heteroatoms. The van der Waals surface area contributed by atoms with Crippen molar-refractivity contribution in [3.05, 3.63) is 35.4 Å². The zero-order chi connectivity index (χ0) is 18.3. The zero-order valence-electron chi connectivity index (χ0n) is 14.4. The molecule has 0 amide bonds. The zero-order valence-corrected chi connectivity index (χ0v) is 14.4. The molecule has 0 bridgehead atoms. The topological polar surface area (TPSA) is 58.0 Å². The molecule has 0 unspecified atom stereocenters. The standard InChI is InChI=1S/C17H19F3N6/c1-11-21-14(17(18,19)20)10-16(22-11)26-8-6-25(7-9-26)15-5-4-13(23-24-15)12-2-3-12/h4-5,10,12H,2-3,6-9H2,1H3. The van der Waals surface area contributed by atoms with Crippen molar-refractivity contribution in [2.45, 2.75) is 31.9 Å². The number of hydrogen-bond donors (Lipinski definition) is 0. The molecule has 4 rings (SSSR count). The van der Waals surface area contributed by atoms with E-state index in [1.165, 1.54) is 19.8 Å². The van der Waals surface area contributed by atoms with Crippen LogP contribution < -0.4 is 9.80 Å². The van der Waals surface area contributed by atoms with E-state index in [1.54, 1.807) is 0 Å². The van der Waals surface area contributed by atoms with Gasteiger partial charge in [0.1, 0.15) is 17.3 Å². The Morgan fingerprint density at radius 3 is 2.12 bits per heavy atom. The van der Waals surface area contributed by atoms with Gasteiger partial charge in [-0.15, -0.1) is 5.10 Å². The first-order valence-corrected chi connectivity index (χ1v) is 8.66. The van der Waals surface area contributed by atoms with Crippen molar-refractivity contribution in [2.24, 2.45) is 0 Å². The Balaban J connectivity index is 1.44. The van der Waals surface area contributed by atoms with Gasteiger partial charge in [0, 0.05) is 38.2 Å². The second-order valence-corrected chi connectivity index (χ2v) is 6.72. The summed E-state index contributed by atoms with van der Waals surface area (Å²) in [6.07, 6.45) is -2.10. The molecule has 2 aliphatic rings. The van der Waals surface area contributed by atoms with Crippen molar-refractivity contribution < 1.29 is 13.2 Å². The molecular formula is C17H19F3N6. The minimum atomic E-state index is -4.47. The van der Waals surface area contributed by atoms with E-state index in [0.29, 0.717) is 37.9 Å². The maximum Gasteiger partial charge on any atom is 0.433 e. The highest BCUT2D eigenvalue weighted by molar-refractivity contribution is 5.45. The quantitative estimate of drug-likeness (QED) is 0.835. The molecule has 0 atom stereocenters. The van der Waals surface area contributed by atoms with Gasteiger partial charge in [-0.1, -0.05) is 0 Å². The van der Waals surface area contributed by atoms with E-state index in [0.717, 1.165) is 17.6 Å². The summed E-state index contributed by atoms with van der Waals surface area (Å²) in [7, 11) is 0. The maximum atomic E-state index is 13.0. The highest BCUT2D eigenvalue weighted by Gasteiger charge is 2.34. The second-order valence-electron chi connectivity index (χ2n) is 6.72. The number of hydrogen-bond acceptors (Lipinski definition) is 6. The average molecular weight is 364 g/mol. The van der Waals surface area contributed by atoms with Crippen molar-refractivity contribution in [2.75, 3.05) is 36.0 Å². The van der Waals surface area contributed by atoms with E-state index in [9.17, 15) is 13.2 Å². The van der Waals surface area contributed by atoms with Crippen LogP contribution in [0.15, 0.2) is 18.2 Å². The fourth-order valence-electron chi connectivity index (χ4n) is 3.12. The fourth-order valence-corrected chi connectivity index (χ4v) is 3.12. The van der Waals surface area contributed by atoms with Crippen molar-refractivity contribution in [3.63, 3.8) is 0 Å². The summed E-state index contributed by atoms with van der Waals surface area (Å²) < 4.78 is 38.9. The minimum Gasteiger partial charge on any atom is -0.353 e. The molecule has 1 aliphatic carbocycles. The lowest BCUT2D eigenvalue weighted by molar-refractivity contribution is -0.141. The van der Waals surface area contributed by atoms with Gasteiger partial charge < -0.3 is 9.80 Å². The van der Waals surface area contributed by atoms with Crippen LogP contribution in [0.25, 0.3) is 0 Å². The first-order valence-electron chi connectivity index (χ1n) is 8.66. The predicted molar refractivity (Wildman–Crippen MR) is 90.2 cm³/mol. The molecule has 3 heterocycles. The molecule has 0 radical (unpaired) electrons. The SMILES string of the molecule is Cc1nc(N2CCN(c3ccc(C4CC4)nn3)CC2)cc(C(F)(F)F)n1. The molecule has 6 nitrogen and oxygen atoms in total. The molecular weight excluding hydrogens is 345 g/mol. The Labute approximate surface area is 149 Å². The highest BCUT2D eigenvalue weighted by atomic mass is 19.4. The Hall–Kier alpha value is -2.45. The number of alkyl halides is 3. The smallest absolute Gasteiger partial charge is 0.353 e. The van der Waals surface area contributed by atoms with E-state index in [4.69, 9.17) is 0 Å². The third-order valence-corrected chi connectivity index (χ3v) is 4.71. The van der Waals surface area contributed by atoms with Gasteiger partial charge in [-0.25, -0.2) is 9.97 Å². The third-order valence-electron chi connectivity index (χ3n) is 4.71. The fraction of sp³-hybridized carbons (Fsp3) is 0.529. The number of piperazine rings is 1. The first-order chi connectivity index (χ1) is 12.4. The lowest BCUT2D eigenvalue weighted by atomic mass is 10.2.